The zero-order valence-corrected chi connectivity index (χ0v) is 14.9. The first-order valence-corrected chi connectivity index (χ1v) is 7.06. The van der Waals surface area contributed by atoms with Crippen molar-refractivity contribution in [2.45, 2.75) is 25.8 Å². The molecular weight excluding hydrogens is 337 g/mol. The summed E-state index contributed by atoms with van der Waals surface area (Å²) >= 11 is 0. The number of carbonyl (C=O) groups excluding carboxylic acids is 1. The molecule has 0 unspecified atom stereocenters. The fourth-order valence-electron chi connectivity index (χ4n) is 2.04. The second kappa shape index (κ2) is 11.0. The lowest BCUT2D eigenvalue weighted by Crippen LogP contribution is -2.37. The molecule has 1 atom stereocenters. The molecule has 0 radical (unpaired) electrons. The van der Waals surface area contributed by atoms with Gasteiger partial charge in [0.2, 0.25) is 0 Å². The van der Waals surface area contributed by atoms with E-state index in [4.69, 9.17) is 4.74 Å². The molecule has 1 aromatic carbocycles. The molecule has 1 heterocycles. The average molecular weight is 360 g/mol. The van der Waals surface area contributed by atoms with Gasteiger partial charge >= 0.3 is 5.97 Å². The number of imidazole rings is 1. The van der Waals surface area contributed by atoms with Gasteiger partial charge in [-0.25, -0.2) is 4.98 Å². The molecule has 0 spiro atoms. The topological polar surface area (TPSA) is 67.0 Å². The number of H-pyrrole nitrogens is 1. The van der Waals surface area contributed by atoms with Crippen LogP contribution in [0.5, 0.6) is 0 Å². The van der Waals surface area contributed by atoms with E-state index >= 15 is 0 Å². The third-order valence-electron chi connectivity index (χ3n) is 3.36. The van der Waals surface area contributed by atoms with Crippen molar-refractivity contribution in [3.8, 4) is 0 Å². The van der Waals surface area contributed by atoms with E-state index in [1.807, 2.05) is 0 Å². The maximum Gasteiger partial charge on any atom is 0.323 e. The van der Waals surface area contributed by atoms with Crippen LogP contribution in [0, 0.1) is 6.92 Å². The molecule has 7 heteroatoms. The largest absolute Gasteiger partial charge is 0.464 e. The fourth-order valence-corrected chi connectivity index (χ4v) is 2.04. The summed E-state index contributed by atoms with van der Waals surface area (Å²) in [6, 6.07) is 7.87. The molecule has 0 aliphatic rings. The van der Waals surface area contributed by atoms with Crippen LogP contribution in [-0.2, 0) is 22.4 Å². The second-order valence-electron chi connectivity index (χ2n) is 5.01. The molecule has 5 nitrogen and oxygen atoms in total. The maximum absolute atomic E-state index is 12.0. The number of carbonyl (C=O) groups is 1. The van der Waals surface area contributed by atoms with Crippen molar-refractivity contribution < 1.29 is 9.53 Å². The van der Waals surface area contributed by atoms with E-state index in [2.05, 4.69) is 46.5 Å². The number of aryl methyl sites for hydroxylation is 1. The van der Waals surface area contributed by atoms with Crippen molar-refractivity contribution in [3.05, 3.63) is 53.6 Å². The normalized spacial score (nSPS) is 11.0. The Morgan fingerprint density at radius 2 is 2.00 bits per heavy atom. The molecule has 2 N–H and O–H groups in total. The van der Waals surface area contributed by atoms with Crippen LogP contribution in [0.25, 0.3) is 0 Å². The molecular formula is C16H23Cl2N3O2. The Labute approximate surface area is 149 Å². The first kappa shape index (κ1) is 21.4. The monoisotopic (exact) mass is 359 g/mol. The standard InChI is InChI=1S/C16H21N3O2.2ClH/c1-12-3-5-13(6-4-12)7-8-21-16(20)15(17-2)9-14-10-18-11-19-14;;/h3-6,10-11,15,17H,7-9H2,1-2H3,(H,18,19);2*1H/t15-;;/m0../s1. The first-order valence-electron chi connectivity index (χ1n) is 7.06. The summed E-state index contributed by atoms with van der Waals surface area (Å²) in [6.07, 6.45) is 4.63. The number of aromatic amines is 1. The van der Waals surface area contributed by atoms with Crippen LogP contribution in [0.3, 0.4) is 0 Å². The summed E-state index contributed by atoms with van der Waals surface area (Å²) in [6.45, 7) is 2.44. The van der Waals surface area contributed by atoms with Crippen LogP contribution in [0.2, 0.25) is 0 Å². The summed E-state index contributed by atoms with van der Waals surface area (Å²) in [5.41, 5.74) is 3.23. The van der Waals surface area contributed by atoms with E-state index < -0.39 is 0 Å². The van der Waals surface area contributed by atoms with Crippen LogP contribution in [0.15, 0.2) is 36.8 Å². The molecule has 0 saturated carbocycles. The van der Waals surface area contributed by atoms with Crippen molar-refractivity contribution in [3.63, 3.8) is 0 Å². The maximum atomic E-state index is 12.0. The SMILES string of the molecule is CN[C@@H](Cc1c[nH]cn1)C(=O)OCCc1ccc(C)cc1.Cl.Cl. The highest BCUT2D eigenvalue weighted by atomic mass is 35.5. The number of nitrogens with one attached hydrogen (secondary N) is 2. The Morgan fingerprint density at radius 1 is 1.30 bits per heavy atom. The third-order valence-corrected chi connectivity index (χ3v) is 3.36. The summed E-state index contributed by atoms with van der Waals surface area (Å²) in [4.78, 5) is 19.0. The van der Waals surface area contributed by atoms with Gasteiger partial charge in [-0.2, -0.15) is 0 Å². The lowest BCUT2D eigenvalue weighted by molar-refractivity contribution is -0.145. The number of aromatic nitrogens is 2. The quantitative estimate of drug-likeness (QED) is 0.745. The van der Waals surface area contributed by atoms with Gasteiger partial charge in [0.1, 0.15) is 6.04 Å². The Bertz CT molecular complexity index is 559. The highest BCUT2D eigenvalue weighted by Crippen LogP contribution is 2.05. The zero-order valence-electron chi connectivity index (χ0n) is 13.2. The minimum absolute atomic E-state index is 0. The predicted molar refractivity (Wildman–Crippen MR) is 95.5 cm³/mol. The minimum Gasteiger partial charge on any atom is -0.464 e. The third kappa shape index (κ3) is 7.03. The lowest BCUT2D eigenvalue weighted by atomic mass is 10.1. The number of hydrogen-bond acceptors (Lipinski definition) is 4. The lowest BCUT2D eigenvalue weighted by Gasteiger charge is -2.14. The molecule has 0 aliphatic carbocycles. The highest BCUT2D eigenvalue weighted by molar-refractivity contribution is 5.85. The van der Waals surface area contributed by atoms with Crippen molar-refractivity contribution in [2.24, 2.45) is 0 Å². The van der Waals surface area contributed by atoms with Crippen molar-refractivity contribution in [1.82, 2.24) is 15.3 Å². The van der Waals surface area contributed by atoms with Crippen LogP contribution in [0.1, 0.15) is 16.8 Å². The fraction of sp³-hybridized carbons (Fsp3) is 0.375. The van der Waals surface area contributed by atoms with Crippen molar-refractivity contribution >= 4 is 30.8 Å². The van der Waals surface area contributed by atoms with Gasteiger partial charge in [-0.3, -0.25) is 4.79 Å². The Hall–Kier alpha value is -1.56. The van der Waals surface area contributed by atoms with E-state index in [1.54, 1.807) is 19.6 Å². The van der Waals surface area contributed by atoms with Crippen LogP contribution >= 0.6 is 24.8 Å². The number of nitrogens with zero attached hydrogens (tertiary/aromatic N) is 1. The molecule has 23 heavy (non-hydrogen) atoms. The summed E-state index contributed by atoms with van der Waals surface area (Å²) in [5.74, 6) is -0.243. The van der Waals surface area contributed by atoms with Crippen LogP contribution in [0.4, 0.5) is 0 Å². The molecule has 2 aromatic rings. The molecule has 2 rings (SSSR count). The number of hydrogen-bond donors (Lipinski definition) is 2. The zero-order chi connectivity index (χ0) is 15.1. The van der Waals surface area contributed by atoms with Crippen molar-refractivity contribution in [1.29, 1.82) is 0 Å². The molecule has 0 saturated heterocycles. The molecule has 128 valence electrons. The number of ether oxygens (including phenoxy) is 1. The van der Waals surface area contributed by atoms with E-state index in [9.17, 15) is 4.79 Å². The molecule has 1 aromatic heterocycles. The van der Waals surface area contributed by atoms with Gasteiger partial charge in [0.05, 0.1) is 18.6 Å². The Balaban J connectivity index is 0.00000242. The van der Waals surface area contributed by atoms with Gasteiger partial charge < -0.3 is 15.0 Å². The number of likely N-dealkylation sites (N-methyl/N-ethyl adjacent to an activating group) is 1. The molecule has 0 aliphatic heterocycles. The molecule has 0 bridgehead atoms. The molecule has 0 amide bonds. The Morgan fingerprint density at radius 3 is 2.57 bits per heavy atom. The smallest absolute Gasteiger partial charge is 0.323 e. The van der Waals surface area contributed by atoms with Crippen LogP contribution in [-0.4, -0.2) is 35.6 Å². The second-order valence-corrected chi connectivity index (χ2v) is 5.01. The average Bonchev–Trinajstić information content (AvgIpc) is 2.99. The van der Waals surface area contributed by atoms with Gasteiger partial charge in [-0.1, -0.05) is 29.8 Å². The Kier molecular flexibility index (Phi) is 10.3. The van der Waals surface area contributed by atoms with E-state index in [1.165, 1.54) is 11.1 Å². The number of esters is 1. The number of halogens is 2. The van der Waals surface area contributed by atoms with Gasteiger partial charge in [0.25, 0.3) is 0 Å². The molecule has 0 fully saturated rings. The summed E-state index contributed by atoms with van der Waals surface area (Å²) in [5, 5.41) is 2.97. The van der Waals surface area contributed by atoms with Gasteiger partial charge in [0.15, 0.2) is 0 Å². The number of rotatable bonds is 7. The summed E-state index contributed by atoms with van der Waals surface area (Å²) in [7, 11) is 1.75. The predicted octanol–water partition coefficient (Wildman–Crippen LogP) is 2.48. The van der Waals surface area contributed by atoms with Crippen LogP contribution < -0.4 is 5.32 Å². The van der Waals surface area contributed by atoms with E-state index in [0.29, 0.717) is 13.0 Å². The van der Waals surface area contributed by atoms with E-state index in [-0.39, 0.29) is 36.8 Å². The van der Waals surface area contributed by atoms with Gasteiger partial charge in [-0.05, 0) is 19.5 Å². The number of benzene rings is 1. The van der Waals surface area contributed by atoms with Crippen molar-refractivity contribution in [2.75, 3.05) is 13.7 Å². The van der Waals surface area contributed by atoms with E-state index in [0.717, 1.165) is 12.1 Å². The summed E-state index contributed by atoms with van der Waals surface area (Å²) < 4.78 is 5.34. The van der Waals surface area contributed by atoms with Gasteiger partial charge in [-0.15, -0.1) is 24.8 Å². The first-order chi connectivity index (χ1) is 10.2. The van der Waals surface area contributed by atoms with Gasteiger partial charge in [0, 0.05) is 19.0 Å². The minimum atomic E-state index is -0.369. The highest BCUT2D eigenvalue weighted by Gasteiger charge is 2.19.